The van der Waals surface area contributed by atoms with Crippen LogP contribution < -0.4 is 0 Å². The van der Waals surface area contributed by atoms with Crippen LogP contribution in [0.2, 0.25) is 0 Å². The van der Waals surface area contributed by atoms with Crippen LogP contribution in [0.4, 0.5) is 17.1 Å². The van der Waals surface area contributed by atoms with Gasteiger partial charge in [-0.3, -0.25) is 35.1 Å². The average molecular weight is 460 g/mol. The van der Waals surface area contributed by atoms with Gasteiger partial charge in [-0.15, -0.1) is 0 Å². The molecule has 0 aliphatic carbocycles. The van der Waals surface area contributed by atoms with Gasteiger partial charge in [0.1, 0.15) is 0 Å². The highest BCUT2D eigenvalue weighted by Crippen LogP contribution is 2.38. The zero-order valence-electron chi connectivity index (χ0n) is 17.8. The Kier molecular flexibility index (Phi) is 9.36. The molecule has 2 aromatic carbocycles. The molecule has 0 atom stereocenters. The summed E-state index contributed by atoms with van der Waals surface area (Å²) in [7, 11) is 0. The van der Waals surface area contributed by atoms with Crippen LogP contribution in [0.25, 0.3) is 0 Å². The number of rotatable bonds is 8. The Morgan fingerprint density at radius 1 is 0.879 bits per heavy atom. The number of phenolic OH excluding ortho intramolecular Hbond substituents is 1. The predicted octanol–water partition coefficient (Wildman–Crippen LogP) is 4.25. The summed E-state index contributed by atoms with van der Waals surface area (Å²) in [6.07, 6.45) is 5.70. The number of carbonyl (C=O) groups is 1. The maximum Gasteiger partial charge on any atom is 0.324 e. The zero-order chi connectivity index (χ0) is 24.4. The number of nitro groups is 3. The van der Waals surface area contributed by atoms with Crippen LogP contribution in [0.15, 0.2) is 42.5 Å². The Morgan fingerprint density at radius 3 is 1.91 bits per heavy atom. The van der Waals surface area contributed by atoms with Gasteiger partial charge in [-0.2, -0.15) is 0 Å². The third-order valence-corrected chi connectivity index (χ3v) is 5.08. The van der Waals surface area contributed by atoms with Gasteiger partial charge >= 0.3 is 11.4 Å². The van der Waals surface area contributed by atoms with Gasteiger partial charge in [0, 0.05) is 12.0 Å². The SMILES string of the molecule is O=C(CCCN1CCCCC1)c1ccccc1.O=[N+]([O-])c1cc([N+](=O)[O-])c(O)c([N+](=O)[O-])c1. The largest absolute Gasteiger partial charge is 0.497 e. The molecule has 0 saturated carbocycles. The van der Waals surface area contributed by atoms with Gasteiger partial charge in [0.2, 0.25) is 0 Å². The minimum absolute atomic E-state index is 0.280. The van der Waals surface area contributed by atoms with Crippen LogP contribution >= 0.6 is 0 Å². The van der Waals surface area contributed by atoms with E-state index < -0.39 is 37.6 Å². The summed E-state index contributed by atoms with van der Waals surface area (Å²) in [5, 5.41) is 40.2. The van der Waals surface area contributed by atoms with Crippen LogP contribution in [-0.4, -0.2) is 50.2 Å². The molecule has 0 radical (unpaired) electrons. The first kappa shape index (κ1) is 25.3. The van der Waals surface area contributed by atoms with Gasteiger partial charge in [-0.05, 0) is 38.9 Å². The lowest BCUT2D eigenvalue weighted by atomic mass is 10.1. The Bertz CT molecular complexity index is 972. The van der Waals surface area contributed by atoms with E-state index in [9.17, 15) is 35.1 Å². The summed E-state index contributed by atoms with van der Waals surface area (Å²) >= 11 is 0. The second-order valence-electron chi connectivity index (χ2n) is 7.40. The lowest BCUT2D eigenvalue weighted by molar-refractivity contribution is -0.404. The number of nitro benzene ring substituents is 3. The molecular weight excluding hydrogens is 436 g/mol. The van der Waals surface area contributed by atoms with Crippen molar-refractivity contribution in [2.24, 2.45) is 0 Å². The topological polar surface area (TPSA) is 170 Å². The first-order valence-electron chi connectivity index (χ1n) is 10.3. The standard InChI is InChI=1S/C15H21NO.C6H3N3O7/c17-15(14-8-3-1-4-9-14)10-7-13-16-11-5-2-6-12-16;10-6-4(8(13)14)1-3(7(11)12)2-5(6)9(15)16/h1,3-4,8-9H,2,5-7,10-13H2;1-2,10H. The Balaban J connectivity index is 0.000000234. The van der Waals surface area contributed by atoms with E-state index in [-0.39, 0.29) is 5.78 Å². The van der Waals surface area contributed by atoms with Gasteiger partial charge < -0.3 is 10.0 Å². The number of Topliss-reactive ketones (excluding diaryl/α,β-unsaturated/α-hetero) is 1. The number of non-ortho nitro benzene ring substituents is 1. The summed E-state index contributed by atoms with van der Waals surface area (Å²) < 4.78 is 0. The van der Waals surface area contributed by atoms with Crippen LogP contribution in [-0.2, 0) is 0 Å². The Morgan fingerprint density at radius 2 is 1.42 bits per heavy atom. The number of carbonyl (C=O) groups excluding carboxylic acids is 1. The summed E-state index contributed by atoms with van der Waals surface area (Å²) in [5.41, 5.74) is -2.15. The number of piperidine rings is 1. The first-order valence-corrected chi connectivity index (χ1v) is 10.3. The number of hydrogen-bond acceptors (Lipinski definition) is 9. The normalized spacial score (nSPS) is 13.5. The van der Waals surface area contributed by atoms with Crippen molar-refractivity contribution in [2.75, 3.05) is 19.6 Å². The molecule has 1 heterocycles. The smallest absolute Gasteiger partial charge is 0.324 e. The molecule has 12 nitrogen and oxygen atoms in total. The molecule has 176 valence electrons. The number of likely N-dealkylation sites (tertiary alicyclic amines) is 1. The molecular formula is C21H24N4O8. The third-order valence-electron chi connectivity index (χ3n) is 5.08. The second kappa shape index (κ2) is 12.2. The number of nitrogens with zero attached hydrogens (tertiary/aromatic N) is 4. The van der Waals surface area contributed by atoms with Gasteiger partial charge in [-0.1, -0.05) is 36.8 Å². The number of ketones is 1. The molecule has 1 saturated heterocycles. The van der Waals surface area contributed by atoms with Crippen molar-refractivity contribution in [3.8, 4) is 5.75 Å². The summed E-state index contributed by atoms with van der Waals surface area (Å²) in [6.45, 7) is 3.53. The molecule has 3 rings (SSSR count). The zero-order valence-corrected chi connectivity index (χ0v) is 17.8. The van der Waals surface area contributed by atoms with Crippen LogP contribution in [0.3, 0.4) is 0 Å². The summed E-state index contributed by atoms with van der Waals surface area (Å²) in [5.74, 6) is -0.928. The second-order valence-corrected chi connectivity index (χ2v) is 7.40. The molecule has 1 N–H and O–H groups in total. The van der Waals surface area contributed by atoms with Gasteiger partial charge in [0.25, 0.3) is 11.4 Å². The molecule has 1 fully saturated rings. The fourth-order valence-electron chi connectivity index (χ4n) is 3.39. The van der Waals surface area contributed by atoms with E-state index >= 15 is 0 Å². The molecule has 0 unspecified atom stereocenters. The fraction of sp³-hybridized carbons (Fsp3) is 0.381. The van der Waals surface area contributed by atoms with E-state index in [0.717, 1.165) is 18.5 Å². The van der Waals surface area contributed by atoms with E-state index in [1.807, 2.05) is 30.3 Å². The van der Waals surface area contributed by atoms with Crippen molar-refractivity contribution in [2.45, 2.75) is 32.1 Å². The number of hydrogen-bond donors (Lipinski definition) is 1. The van der Waals surface area contributed by atoms with Gasteiger partial charge in [-0.25, -0.2) is 0 Å². The number of aromatic hydroxyl groups is 1. The summed E-state index contributed by atoms with van der Waals surface area (Å²) in [4.78, 5) is 42.1. The molecule has 0 amide bonds. The highest BCUT2D eigenvalue weighted by atomic mass is 16.6. The minimum atomic E-state index is -1.21. The Labute approximate surface area is 188 Å². The number of benzene rings is 2. The lowest BCUT2D eigenvalue weighted by Gasteiger charge is -2.26. The molecule has 0 spiro atoms. The third kappa shape index (κ3) is 7.61. The van der Waals surface area contributed by atoms with E-state index in [4.69, 9.17) is 5.11 Å². The quantitative estimate of drug-likeness (QED) is 0.343. The van der Waals surface area contributed by atoms with Crippen LogP contribution in [0, 0.1) is 30.3 Å². The number of phenols is 1. The average Bonchev–Trinajstić information content (AvgIpc) is 2.80. The highest BCUT2D eigenvalue weighted by Gasteiger charge is 2.30. The fourth-order valence-corrected chi connectivity index (χ4v) is 3.39. The van der Waals surface area contributed by atoms with Crippen molar-refractivity contribution in [1.29, 1.82) is 0 Å². The molecule has 1 aliphatic heterocycles. The lowest BCUT2D eigenvalue weighted by Crippen LogP contribution is -2.30. The van der Waals surface area contributed by atoms with Crippen molar-refractivity contribution in [3.05, 3.63) is 78.4 Å². The molecule has 33 heavy (non-hydrogen) atoms. The van der Waals surface area contributed by atoms with Crippen LogP contribution in [0.1, 0.15) is 42.5 Å². The van der Waals surface area contributed by atoms with E-state index in [2.05, 4.69) is 4.90 Å². The van der Waals surface area contributed by atoms with Crippen molar-refractivity contribution >= 4 is 22.8 Å². The van der Waals surface area contributed by atoms with Crippen molar-refractivity contribution in [1.82, 2.24) is 4.90 Å². The molecule has 0 bridgehead atoms. The minimum Gasteiger partial charge on any atom is -0.497 e. The van der Waals surface area contributed by atoms with E-state index in [1.54, 1.807) is 0 Å². The van der Waals surface area contributed by atoms with Crippen molar-refractivity contribution < 1.29 is 24.7 Å². The maximum absolute atomic E-state index is 11.9. The van der Waals surface area contributed by atoms with Gasteiger partial charge in [0.05, 0.1) is 26.9 Å². The Hall–Kier alpha value is -3.93. The predicted molar refractivity (Wildman–Crippen MR) is 118 cm³/mol. The first-order chi connectivity index (χ1) is 15.7. The van der Waals surface area contributed by atoms with E-state index in [0.29, 0.717) is 18.6 Å². The molecule has 2 aromatic rings. The van der Waals surface area contributed by atoms with E-state index in [1.165, 1.54) is 32.4 Å². The van der Waals surface area contributed by atoms with Crippen LogP contribution in [0.5, 0.6) is 5.75 Å². The maximum atomic E-state index is 11.9. The van der Waals surface area contributed by atoms with Crippen molar-refractivity contribution in [3.63, 3.8) is 0 Å². The molecule has 12 heteroatoms. The highest BCUT2D eigenvalue weighted by molar-refractivity contribution is 5.95. The summed E-state index contributed by atoms with van der Waals surface area (Å²) in [6, 6.07) is 10.5. The molecule has 0 aromatic heterocycles. The van der Waals surface area contributed by atoms with Gasteiger partial charge in [0.15, 0.2) is 5.78 Å². The molecule has 1 aliphatic rings. The monoisotopic (exact) mass is 460 g/mol.